The zero-order valence-electron chi connectivity index (χ0n) is 15.2. The zero-order valence-corrected chi connectivity index (χ0v) is 15.2. The Morgan fingerprint density at radius 2 is 1.61 bits per heavy atom. The van der Waals surface area contributed by atoms with E-state index in [9.17, 15) is 9.18 Å². The predicted molar refractivity (Wildman–Crippen MR) is 97.4 cm³/mol. The van der Waals surface area contributed by atoms with Gasteiger partial charge in [0.15, 0.2) is 0 Å². The maximum absolute atomic E-state index is 14.9. The van der Waals surface area contributed by atoms with E-state index in [-0.39, 0.29) is 13.3 Å². The Bertz CT molecular complexity index is 330. The smallest absolute Gasteiger partial charge is 0.219 e. The van der Waals surface area contributed by atoms with Crippen LogP contribution in [0.2, 0.25) is 0 Å². The van der Waals surface area contributed by atoms with Gasteiger partial charge in [0.25, 0.3) is 0 Å². The zero-order chi connectivity index (χ0) is 16.8. The summed E-state index contributed by atoms with van der Waals surface area (Å²) < 4.78 is 14.9. The van der Waals surface area contributed by atoms with Crippen molar-refractivity contribution < 1.29 is 9.18 Å². The topological polar surface area (TPSA) is 23.6 Å². The molecule has 138 valence electrons. The summed E-state index contributed by atoms with van der Waals surface area (Å²) in [6.45, 7) is 13.9. The van der Waals surface area contributed by atoms with Crippen LogP contribution in [0.15, 0.2) is 0 Å². The first-order valence-electron chi connectivity index (χ1n) is 9.06. The number of rotatable bonds is 3. The van der Waals surface area contributed by atoms with Gasteiger partial charge in [-0.25, -0.2) is 4.39 Å². The van der Waals surface area contributed by atoms with Crippen LogP contribution in [0.5, 0.6) is 0 Å². The summed E-state index contributed by atoms with van der Waals surface area (Å²) in [4.78, 5) is 15.4. The van der Waals surface area contributed by atoms with E-state index in [1.807, 2.05) is 13.8 Å². The number of piperidine rings is 2. The van der Waals surface area contributed by atoms with Crippen molar-refractivity contribution in [3.05, 3.63) is 0 Å². The van der Waals surface area contributed by atoms with Crippen LogP contribution >= 0.6 is 0 Å². The highest BCUT2D eigenvalue weighted by atomic mass is 19.1. The summed E-state index contributed by atoms with van der Waals surface area (Å²) in [7, 11) is 0. The molecule has 0 N–H and O–H groups in total. The van der Waals surface area contributed by atoms with Gasteiger partial charge >= 0.3 is 0 Å². The quantitative estimate of drug-likeness (QED) is 0.767. The molecule has 0 aromatic carbocycles. The molecule has 0 saturated carbocycles. The lowest BCUT2D eigenvalue weighted by Crippen LogP contribution is -2.50. The van der Waals surface area contributed by atoms with Crippen LogP contribution in [0.25, 0.3) is 0 Å². The number of amides is 1. The van der Waals surface area contributed by atoms with E-state index in [1.54, 1.807) is 11.8 Å². The van der Waals surface area contributed by atoms with E-state index in [2.05, 4.69) is 18.7 Å². The van der Waals surface area contributed by atoms with E-state index in [0.29, 0.717) is 32.5 Å². The molecule has 0 atom stereocenters. The molecular formula is C19H39FN2O. The molecule has 2 fully saturated rings. The van der Waals surface area contributed by atoms with Crippen molar-refractivity contribution in [1.82, 2.24) is 9.80 Å². The molecule has 0 aromatic rings. The van der Waals surface area contributed by atoms with E-state index < -0.39 is 5.67 Å². The Balaban J connectivity index is 0.00000155. The van der Waals surface area contributed by atoms with Crippen molar-refractivity contribution in [2.24, 2.45) is 11.8 Å². The molecule has 2 rings (SSSR count). The number of carbonyl (C=O) groups excluding carboxylic acids is 1. The third-order valence-corrected chi connectivity index (χ3v) is 5.19. The Morgan fingerprint density at radius 3 is 2.00 bits per heavy atom. The molecule has 2 aliphatic rings. The molecule has 0 radical (unpaired) electrons. The number of likely N-dealkylation sites (tertiary alicyclic amines) is 2. The minimum atomic E-state index is -1.09. The highest BCUT2D eigenvalue weighted by Crippen LogP contribution is 2.30. The Kier molecular flexibility index (Phi) is 9.99. The highest BCUT2D eigenvalue weighted by molar-refractivity contribution is 5.73. The van der Waals surface area contributed by atoms with Gasteiger partial charge in [-0.15, -0.1) is 0 Å². The first kappa shape index (κ1) is 22.4. The number of alkyl halides is 1. The molecule has 2 aliphatic heterocycles. The lowest BCUT2D eigenvalue weighted by atomic mass is 9.85. The fourth-order valence-corrected chi connectivity index (χ4v) is 3.56. The van der Waals surface area contributed by atoms with Gasteiger partial charge in [0.1, 0.15) is 5.67 Å². The maximum Gasteiger partial charge on any atom is 0.219 e. The summed E-state index contributed by atoms with van der Waals surface area (Å²) in [5.41, 5.74) is -1.09. The van der Waals surface area contributed by atoms with Crippen molar-refractivity contribution in [3.8, 4) is 0 Å². The Hall–Kier alpha value is -0.640. The third-order valence-electron chi connectivity index (χ3n) is 5.19. The monoisotopic (exact) mass is 330 g/mol. The highest BCUT2D eigenvalue weighted by Gasteiger charge is 2.37. The van der Waals surface area contributed by atoms with Crippen molar-refractivity contribution in [3.63, 3.8) is 0 Å². The van der Waals surface area contributed by atoms with Crippen molar-refractivity contribution in [2.45, 2.75) is 73.4 Å². The average molecular weight is 331 g/mol. The summed E-state index contributed by atoms with van der Waals surface area (Å²) in [5, 5.41) is 0. The molecule has 0 spiro atoms. The van der Waals surface area contributed by atoms with Gasteiger partial charge in [0, 0.05) is 39.4 Å². The molecule has 0 bridgehead atoms. The second kappa shape index (κ2) is 10.3. The first-order chi connectivity index (χ1) is 10.4. The van der Waals surface area contributed by atoms with Crippen LogP contribution in [-0.4, -0.2) is 54.1 Å². The van der Waals surface area contributed by atoms with E-state index in [1.165, 1.54) is 12.8 Å². The standard InChI is InChI=1S/C16H29FN2O.C2H6.CH4/c1-13(2)15-4-8-18(9-5-15)12-16(17)6-10-19(11-7-16)14(3)20;1-2;/h13,15H,4-12H2,1-3H3;1-2H3;1H4. The summed E-state index contributed by atoms with van der Waals surface area (Å²) in [6.07, 6.45) is 3.40. The largest absolute Gasteiger partial charge is 0.343 e. The number of carbonyl (C=O) groups is 1. The van der Waals surface area contributed by atoms with E-state index >= 15 is 0 Å². The number of nitrogens with zero attached hydrogens (tertiary/aromatic N) is 2. The predicted octanol–water partition coefficient (Wildman–Crippen LogP) is 4.37. The summed E-state index contributed by atoms with van der Waals surface area (Å²) in [5.74, 6) is 1.63. The second-order valence-corrected chi connectivity index (χ2v) is 7.01. The van der Waals surface area contributed by atoms with Crippen molar-refractivity contribution in [1.29, 1.82) is 0 Å². The fourth-order valence-electron chi connectivity index (χ4n) is 3.56. The molecule has 4 heteroatoms. The lowest BCUT2D eigenvalue weighted by Gasteiger charge is -2.41. The lowest BCUT2D eigenvalue weighted by molar-refractivity contribution is -0.131. The van der Waals surface area contributed by atoms with Crippen LogP contribution in [-0.2, 0) is 4.79 Å². The van der Waals surface area contributed by atoms with Crippen molar-refractivity contribution in [2.75, 3.05) is 32.7 Å². The third kappa shape index (κ3) is 6.78. The molecule has 0 aromatic heterocycles. The van der Waals surface area contributed by atoms with Gasteiger partial charge in [0.05, 0.1) is 0 Å². The fraction of sp³-hybridized carbons (Fsp3) is 0.947. The van der Waals surface area contributed by atoms with Crippen LogP contribution in [0.3, 0.4) is 0 Å². The molecule has 2 heterocycles. The molecule has 0 unspecified atom stereocenters. The van der Waals surface area contributed by atoms with E-state index in [0.717, 1.165) is 24.9 Å². The molecule has 2 saturated heterocycles. The molecule has 1 amide bonds. The van der Waals surface area contributed by atoms with Crippen LogP contribution < -0.4 is 0 Å². The molecular weight excluding hydrogens is 291 g/mol. The maximum atomic E-state index is 14.9. The summed E-state index contributed by atoms with van der Waals surface area (Å²) in [6, 6.07) is 0. The van der Waals surface area contributed by atoms with Gasteiger partial charge in [-0.05, 0) is 37.8 Å². The van der Waals surface area contributed by atoms with Crippen LogP contribution in [0, 0.1) is 11.8 Å². The number of halogens is 1. The average Bonchev–Trinajstić information content (AvgIpc) is 2.50. The SMILES string of the molecule is C.CC.CC(=O)N1CCC(F)(CN2CCC(C(C)C)CC2)CC1. The summed E-state index contributed by atoms with van der Waals surface area (Å²) >= 11 is 0. The van der Waals surface area contributed by atoms with Gasteiger partial charge < -0.3 is 9.80 Å². The van der Waals surface area contributed by atoms with Gasteiger partial charge in [-0.3, -0.25) is 4.79 Å². The normalized spacial score (nSPS) is 22.1. The molecule has 3 nitrogen and oxygen atoms in total. The number of hydrogen-bond donors (Lipinski definition) is 0. The Morgan fingerprint density at radius 1 is 1.13 bits per heavy atom. The van der Waals surface area contributed by atoms with Gasteiger partial charge in [0.2, 0.25) is 5.91 Å². The van der Waals surface area contributed by atoms with Crippen LogP contribution in [0.1, 0.15) is 67.7 Å². The van der Waals surface area contributed by atoms with Gasteiger partial charge in [-0.1, -0.05) is 35.1 Å². The first-order valence-corrected chi connectivity index (χ1v) is 9.06. The van der Waals surface area contributed by atoms with Crippen LogP contribution in [0.4, 0.5) is 4.39 Å². The minimum Gasteiger partial charge on any atom is -0.343 e. The molecule has 0 aliphatic carbocycles. The van der Waals surface area contributed by atoms with Crippen molar-refractivity contribution >= 4 is 5.91 Å². The van der Waals surface area contributed by atoms with Gasteiger partial charge in [-0.2, -0.15) is 0 Å². The minimum absolute atomic E-state index is 0. The second-order valence-electron chi connectivity index (χ2n) is 7.01. The number of hydrogen-bond acceptors (Lipinski definition) is 2. The van der Waals surface area contributed by atoms with E-state index in [4.69, 9.17) is 0 Å². The molecule has 23 heavy (non-hydrogen) atoms. The Labute approximate surface area is 143 Å².